The molecule has 0 saturated carbocycles. The normalized spacial score (nSPS) is 15.5. The molecule has 8 nitrogen and oxygen atoms in total. The average Bonchev–Trinajstić information content (AvgIpc) is 3.17. The van der Waals surface area contributed by atoms with E-state index in [0.717, 1.165) is 27.1 Å². The minimum atomic E-state index is -3.93. The Balaban J connectivity index is 1.45. The number of rotatable bonds is 5. The van der Waals surface area contributed by atoms with Gasteiger partial charge in [0, 0.05) is 12.2 Å². The van der Waals surface area contributed by atoms with E-state index >= 15 is 0 Å². The first-order valence-corrected chi connectivity index (χ1v) is 13.3. The summed E-state index contributed by atoms with van der Waals surface area (Å²) in [5.74, 6) is -0.173. The maximum absolute atomic E-state index is 13.5. The lowest BCUT2D eigenvalue weighted by Crippen LogP contribution is -2.48. The zero-order chi connectivity index (χ0) is 24.7. The first-order chi connectivity index (χ1) is 16.8. The number of thiazole rings is 1. The molecule has 1 atom stereocenters. The van der Waals surface area contributed by atoms with Gasteiger partial charge in [-0.25, -0.2) is 8.42 Å². The molecular formula is C25H23N3O5S2. The second kappa shape index (κ2) is 8.86. The lowest BCUT2D eigenvalue weighted by molar-refractivity contribution is -0.122. The zero-order valence-electron chi connectivity index (χ0n) is 19.1. The van der Waals surface area contributed by atoms with E-state index in [1.807, 2.05) is 13.8 Å². The summed E-state index contributed by atoms with van der Waals surface area (Å²) in [6.45, 7) is 4.16. The lowest BCUT2D eigenvalue weighted by atomic mass is 10.2. The van der Waals surface area contributed by atoms with Gasteiger partial charge in [0.25, 0.3) is 15.9 Å². The highest BCUT2D eigenvalue weighted by Gasteiger charge is 2.37. The Kier molecular flexibility index (Phi) is 5.86. The molecule has 1 aromatic heterocycles. The molecule has 1 aliphatic rings. The molecule has 2 heterocycles. The zero-order valence-corrected chi connectivity index (χ0v) is 20.7. The molecule has 0 fully saturated rings. The number of aryl methyl sites for hydroxylation is 2. The molecule has 180 valence electrons. The molecule has 0 spiro atoms. The summed E-state index contributed by atoms with van der Waals surface area (Å²) < 4.78 is 36.6. The fourth-order valence-corrected chi connectivity index (χ4v) is 6.54. The van der Waals surface area contributed by atoms with E-state index in [0.29, 0.717) is 23.7 Å². The van der Waals surface area contributed by atoms with Crippen molar-refractivity contribution in [3.8, 4) is 5.75 Å². The fraction of sp³-hybridized carbons (Fsp3) is 0.200. The van der Waals surface area contributed by atoms with Gasteiger partial charge in [0.15, 0.2) is 6.10 Å². The van der Waals surface area contributed by atoms with E-state index in [9.17, 15) is 18.0 Å². The number of aromatic nitrogens is 1. The number of anilines is 2. The number of hydrogen-bond acceptors (Lipinski definition) is 6. The Labute approximate surface area is 206 Å². The lowest BCUT2D eigenvalue weighted by Gasteiger charge is -2.34. The highest BCUT2D eigenvalue weighted by molar-refractivity contribution is 7.92. The summed E-state index contributed by atoms with van der Waals surface area (Å²) in [6.07, 6.45) is -1.07. The molecule has 4 aromatic rings. The molecule has 5 rings (SSSR count). The van der Waals surface area contributed by atoms with Gasteiger partial charge in [0.2, 0.25) is 0 Å². The van der Waals surface area contributed by atoms with Crippen molar-refractivity contribution in [3.05, 3.63) is 82.0 Å². The maximum atomic E-state index is 13.5. The second-order valence-electron chi connectivity index (χ2n) is 8.21. The smallest absolute Gasteiger partial charge is 0.308 e. The van der Waals surface area contributed by atoms with Crippen LogP contribution < -0.4 is 19.2 Å². The van der Waals surface area contributed by atoms with Crippen molar-refractivity contribution in [2.24, 2.45) is 0 Å². The number of sulfonamides is 1. The molecule has 3 aromatic carbocycles. The third kappa shape index (κ3) is 4.19. The van der Waals surface area contributed by atoms with Crippen LogP contribution in [0.15, 0.2) is 76.4 Å². The van der Waals surface area contributed by atoms with Gasteiger partial charge in [-0.1, -0.05) is 41.2 Å². The number of hydrogen-bond donors (Lipinski definition) is 1. The number of benzene rings is 3. The number of para-hydroxylation sites is 2. The number of carbonyl (C=O) groups is 1. The molecule has 0 aliphatic carbocycles. The van der Waals surface area contributed by atoms with Crippen LogP contribution in [0.4, 0.5) is 11.4 Å². The van der Waals surface area contributed by atoms with Crippen LogP contribution in [-0.4, -0.2) is 31.5 Å². The van der Waals surface area contributed by atoms with Crippen LogP contribution in [0, 0.1) is 6.92 Å². The van der Waals surface area contributed by atoms with Crippen LogP contribution >= 0.6 is 11.3 Å². The number of carbonyl (C=O) groups excluding carboxylic acids is 1. The summed E-state index contributed by atoms with van der Waals surface area (Å²) in [5, 5.41) is 2.81. The predicted molar refractivity (Wildman–Crippen MR) is 137 cm³/mol. The molecular weight excluding hydrogens is 486 g/mol. The van der Waals surface area contributed by atoms with Gasteiger partial charge in [-0.05, 0) is 56.3 Å². The van der Waals surface area contributed by atoms with E-state index in [2.05, 4.69) is 5.32 Å². The molecule has 1 N–H and O–H groups in total. The Morgan fingerprint density at radius 2 is 1.86 bits per heavy atom. The second-order valence-corrected chi connectivity index (χ2v) is 11.1. The molecule has 0 saturated heterocycles. The van der Waals surface area contributed by atoms with E-state index in [1.54, 1.807) is 71.3 Å². The molecule has 35 heavy (non-hydrogen) atoms. The number of fused-ring (bicyclic) bond motifs is 2. The van der Waals surface area contributed by atoms with Crippen molar-refractivity contribution in [1.82, 2.24) is 4.57 Å². The highest BCUT2D eigenvalue weighted by atomic mass is 32.2. The minimum Gasteiger partial charge on any atom is -0.476 e. The Morgan fingerprint density at radius 1 is 1.11 bits per heavy atom. The average molecular weight is 510 g/mol. The van der Waals surface area contributed by atoms with Gasteiger partial charge >= 0.3 is 4.87 Å². The van der Waals surface area contributed by atoms with Gasteiger partial charge in [0.05, 0.1) is 27.3 Å². The molecule has 10 heteroatoms. The van der Waals surface area contributed by atoms with Crippen molar-refractivity contribution in [1.29, 1.82) is 0 Å². The molecule has 0 bridgehead atoms. The van der Waals surface area contributed by atoms with Crippen molar-refractivity contribution in [3.63, 3.8) is 0 Å². The van der Waals surface area contributed by atoms with Crippen molar-refractivity contribution >= 4 is 48.9 Å². The van der Waals surface area contributed by atoms with Gasteiger partial charge < -0.3 is 10.1 Å². The third-order valence-corrected chi connectivity index (χ3v) is 8.62. The van der Waals surface area contributed by atoms with Gasteiger partial charge in [0.1, 0.15) is 5.75 Å². The van der Waals surface area contributed by atoms with Crippen LogP contribution in [0.3, 0.4) is 0 Å². The molecule has 0 radical (unpaired) electrons. The van der Waals surface area contributed by atoms with Crippen LogP contribution in [-0.2, 0) is 21.4 Å². The number of ether oxygens (including phenoxy) is 1. The van der Waals surface area contributed by atoms with Gasteiger partial charge in [-0.3, -0.25) is 18.5 Å². The minimum absolute atomic E-state index is 0.0600. The summed E-state index contributed by atoms with van der Waals surface area (Å²) in [4.78, 5) is 25.4. The molecule has 1 aliphatic heterocycles. The predicted octanol–water partition coefficient (Wildman–Crippen LogP) is 3.99. The SMILES string of the molecule is CCn1c(=O)sc2cc(NC(=O)[C@@H]3CN(S(=O)(=O)c4ccc(C)cc4)c4ccccc4O3)ccc21. The van der Waals surface area contributed by atoms with Crippen LogP contribution in [0.25, 0.3) is 10.2 Å². The molecule has 1 amide bonds. The largest absolute Gasteiger partial charge is 0.476 e. The first kappa shape index (κ1) is 23.1. The van der Waals surface area contributed by atoms with E-state index in [4.69, 9.17) is 4.74 Å². The summed E-state index contributed by atoms with van der Waals surface area (Å²) in [6, 6.07) is 18.6. The summed E-state index contributed by atoms with van der Waals surface area (Å²) in [5.41, 5.74) is 2.63. The Hall–Kier alpha value is -3.63. The Morgan fingerprint density at radius 3 is 2.60 bits per heavy atom. The fourth-order valence-electron chi connectivity index (χ4n) is 4.07. The summed E-state index contributed by atoms with van der Waals surface area (Å²) >= 11 is 1.11. The number of nitrogens with one attached hydrogen (secondary N) is 1. The quantitative estimate of drug-likeness (QED) is 0.439. The van der Waals surface area contributed by atoms with Crippen LogP contribution in [0.1, 0.15) is 12.5 Å². The Bertz CT molecular complexity index is 1590. The van der Waals surface area contributed by atoms with Crippen molar-refractivity contribution < 1.29 is 17.9 Å². The highest BCUT2D eigenvalue weighted by Crippen LogP contribution is 2.37. The standard InChI is InChI=1S/C25H23N3O5S2/c1-3-27-20-13-10-17(14-23(20)34-25(27)30)26-24(29)22-15-28(19-6-4-5-7-21(19)33-22)35(31,32)18-11-8-16(2)9-12-18/h4-14,22H,3,15H2,1-2H3,(H,26,29)/t22-/m0/s1. The summed E-state index contributed by atoms with van der Waals surface area (Å²) in [7, 11) is -3.93. The number of amides is 1. The molecule has 0 unspecified atom stereocenters. The monoisotopic (exact) mass is 509 g/mol. The maximum Gasteiger partial charge on any atom is 0.308 e. The van der Waals surface area contributed by atoms with E-state index in [-0.39, 0.29) is 16.3 Å². The third-order valence-electron chi connectivity index (χ3n) is 5.89. The van der Waals surface area contributed by atoms with Crippen LogP contribution in [0.2, 0.25) is 0 Å². The van der Waals surface area contributed by atoms with E-state index in [1.165, 1.54) is 4.31 Å². The first-order valence-electron chi connectivity index (χ1n) is 11.1. The van der Waals surface area contributed by atoms with Crippen molar-refractivity contribution in [2.45, 2.75) is 31.4 Å². The van der Waals surface area contributed by atoms with E-state index < -0.39 is 22.0 Å². The van der Waals surface area contributed by atoms with Crippen molar-refractivity contribution in [2.75, 3.05) is 16.2 Å². The van der Waals surface area contributed by atoms with Crippen LogP contribution in [0.5, 0.6) is 5.75 Å². The topological polar surface area (TPSA) is 97.7 Å². The number of nitrogens with zero attached hydrogens (tertiary/aromatic N) is 2. The van der Waals surface area contributed by atoms with Gasteiger partial charge in [-0.2, -0.15) is 0 Å². The van der Waals surface area contributed by atoms with Gasteiger partial charge in [-0.15, -0.1) is 0 Å².